The molecule has 0 spiro atoms. The summed E-state index contributed by atoms with van der Waals surface area (Å²) in [5.41, 5.74) is 3.39. The molecular formula is C24H29F4N3O. The third kappa shape index (κ3) is 5.18. The van der Waals surface area contributed by atoms with Crippen LogP contribution in [0.25, 0.3) is 0 Å². The summed E-state index contributed by atoms with van der Waals surface area (Å²) >= 11 is 0. The number of fused-ring (bicyclic) bond motifs is 1. The fourth-order valence-electron chi connectivity index (χ4n) is 4.85. The topological polar surface area (TPSA) is 38.7 Å². The SMILES string of the molecule is C[C@@H]1Cc2cc(O)ccc2[C@@H](c2ccc(NC3CN(CCCF)C3)cc2)N1CC(F)(F)F. The van der Waals surface area contributed by atoms with Crippen molar-refractivity contribution in [3.05, 3.63) is 59.2 Å². The lowest BCUT2D eigenvalue weighted by Crippen LogP contribution is -2.54. The standard InChI is InChI=1S/C24H29F4N3O/c1-16-11-18-12-21(32)7-8-22(18)23(31(16)15-24(26,27)28)17-3-5-19(6-4-17)29-20-13-30(14-20)10-2-9-25/h3-8,12,16,20,23,29,32H,2,9-11,13-15H2,1H3/t16-,23-/m1/s1. The van der Waals surface area contributed by atoms with Crippen LogP contribution in [0.15, 0.2) is 42.5 Å². The minimum atomic E-state index is -4.30. The fraction of sp³-hybridized carbons (Fsp3) is 0.500. The summed E-state index contributed by atoms with van der Waals surface area (Å²) < 4.78 is 52.4. The second-order valence-electron chi connectivity index (χ2n) is 8.89. The highest BCUT2D eigenvalue weighted by atomic mass is 19.4. The molecule has 2 aliphatic heterocycles. The molecule has 174 valence electrons. The zero-order valence-electron chi connectivity index (χ0n) is 18.1. The van der Waals surface area contributed by atoms with E-state index in [2.05, 4.69) is 10.2 Å². The van der Waals surface area contributed by atoms with Crippen LogP contribution in [0, 0.1) is 0 Å². The Kier molecular flexibility index (Phi) is 6.62. The molecule has 2 atom stereocenters. The van der Waals surface area contributed by atoms with Crippen LogP contribution in [0.3, 0.4) is 0 Å². The number of nitrogens with one attached hydrogen (secondary N) is 1. The van der Waals surface area contributed by atoms with Gasteiger partial charge in [-0.1, -0.05) is 18.2 Å². The number of phenolic OH excluding ortho intramolecular Hbond substituents is 1. The third-order valence-corrected chi connectivity index (χ3v) is 6.36. The molecule has 0 aliphatic carbocycles. The molecule has 4 nitrogen and oxygen atoms in total. The molecule has 2 heterocycles. The second-order valence-corrected chi connectivity index (χ2v) is 8.89. The number of aromatic hydroxyl groups is 1. The summed E-state index contributed by atoms with van der Waals surface area (Å²) in [4.78, 5) is 3.69. The van der Waals surface area contributed by atoms with Crippen molar-refractivity contribution in [1.82, 2.24) is 9.80 Å². The van der Waals surface area contributed by atoms with Crippen LogP contribution in [0.5, 0.6) is 5.75 Å². The van der Waals surface area contributed by atoms with Gasteiger partial charge in [0.05, 0.1) is 25.3 Å². The average molecular weight is 452 g/mol. The lowest BCUT2D eigenvalue weighted by Gasteiger charge is -2.42. The molecule has 1 fully saturated rings. The van der Waals surface area contributed by atoms with Crippen molar-refractivity contribution in [1.29, 1.82) is 0 Å². The molecule has 2 aliphatic rings. The highest BCUT2D eigenvalue weighted by molar-refractivity contribution is 5.50. The molecule has 2 aromatic carbocycles. The van der Waals surface area contributed by atoms with Gasteiger partial charge in [-0.2, -0.15) is 13.2 Å². The predicted molar refractivity (Wildman–Crippen MR) is 117 cm³/mol. The lowest BCUT2D eigenvalue weighted by molar-refractivity contribution is -0.155. The first-order valence-electron chi connectivity index (χ1n) is 11.0. The highest BCUT2D eigenvalue weighted by Gasteiger charge is 2.40. The van der Waals surface area contributed by atoms with Crippen molar-refractivity contribution in [3.8, 4) is 5.75 Å². The van der Waals surface area contributed by atoms with E-state index in [1.807, 2.05) is 24.3 Å². The van der Waals surface area contributed by atoms with Crippen LogP contribution in [0.1, 0.15) is 36.1 Å². The van der Waals surface area contributed by atoms with E-state index in [0.29, 0.717) is 18.9 Å². The number of alkyl halides is 4. The molecule has 0 radical (unpaired) electrons. The van der Waals surface area contributed by atoms with Crippen LogP contribution >= 0.6 is 0 Å². The fourth-order valence-corrected chi connectivity index (χ4v) is 4.85. The molecule has 2 aromatic rings. The molecule has 1 saturated heterocycles. The Labute approximate surface area is 185 Å². The highest BCUT2D eigenvalue weighted by Crippen LogP contribution is 2.40. The van der Waals surface area contributed by atoms with Gasteiger partial charge in [0.25, 0.3) is 0 Å². The summed E-state index contributed by atoms with van der Waals surface area (Å²) in [6.07, 6.45) is -3.30. The van der Waals surface area contributed by atoms with Gasteiger partial charge in [-0.05, 0) is 60.7 Å². The van der Waals surface area contributed by atoms with Gasteiger partial charge in [0.15, 0.2) is 0 Å². The number of likely N-dealkylation sites (tertiary alicyclic amines) is 1. The Balaban J connectivity index is 1.53. The summed E-state index contributed by atoms with van der Waals surface area (Å²) in [6, 6.07) is 11.9. The quantitative estimate of drug-likeness (QED) is 0.597. The van der Waals surface area contributed by atoms with Gasteiger partial charge >= 0.3 is 6.18 Å². The van der Waals surface area contributed by atoms with Crippen molar-refractivity contribution in [3.63, 3.8) is 0 Å². The number of anilines is 1. The molecule has 0 saturated carbocycles. The molecule has 0 amide bonds. The summed E-state index contributed by atoms with van der Waals surface area (Å²) in [7, 11) is 0. The predicted octanol–water partition coefficient (Wildman–Crippen LogP) is 4.75. The monoisotopic (exact) mass is 451 g/mol. The van der Waals surface area contributed by atoms with Crippen LogP contribution < -0.4 is 5.32 Å². The number of rotatable bonds is 7. The molecular weight excluding hydrogens is 422 g/mol. The van der Waals surface area contributed by atoms with Crippen molar-refractivity contribution < 1.29 is 22.7 Å². The normalized spacial score (nSPS) is 22.4. The van der Waals surface area contributed by atoms with E-state index in [1.165, 1.54) is 11.0 Å². The molecule has 2 N–H and O–H groups in total. The molecule has 8 heteroatoms. The van der Waals surface area contributed by atoms with Crippen LogP contribution in [0.2, 0.25) is 0 Å². The molecule has 0 unspecified atom stereocenters. The van der Waals surface area contributed by atoms with E-state index in [-0.39, 0.29) is 18.5 Å². The Morgan fingerprint density at radius 1 is 1.09 bits per heavy atom. The maximum atomic E-state index is 13.4. The van der Waals surface area contributed by atoms with E-state index >= 15 is 0 Å². The Hall–Kier alpha value is -2.32. The summed E-state index contributed by atoms with van der Waals surface area (Å²) in [5.74, 6) is 0.125. The number of halogens is 4. The summed E-state index contributed by atoms with van der Waals surface area (Å²) in [6.45, 7) is 2.99. The van der Waals surface area contributed by atoms with E-state index in [1.54, 1.807) is 19.1 Å². The average Bonchev–Trinajstić information content (AvgIpc) is 2.70. The number of hydrogen-bond acceptors (Lipinski definition) is 4. The minimum Gasteiger partial charge on any atom is -0.508 e. The van der Waals surface area contributed by atoms with Gasteiger partial charge in [0.2, 0.25) is 0 Å². The van der Waals surface area contributed by atoms with Crippen LogP contribution in [0.4, 0.5) is 23.2 Å². The van der Waals surface area contributed by atoms with Crippen molar-refractivity contribution in [2.24, 2.45) is 0 Å². The van der Waals surface area contributed by atoms with Gasteiger partial charge < -0.3 is 10.4 Å². The number of phenols is 1. The van der Waals surface area contributed by atoms with E-state index in [0.717, 1.165) is 42.0 Å². The molecule has 0 bridgehead atoms. The zero-order chi connectivity index (χ0) is 22.9. The maximum Gasteiger partial charge on any atom is 0.401 e. The van der Waals surface area contributed by atoms with Gasteiger partial charge in [-0.25, -0.2) is 0 Å². The smallest absolute Gasteiger partial charge is 0.401 e. The zero-order valence-corrected chi connectivity index (χ0v) is 18.1. The number of benzene rings is 2. The minimum absolute atomic E-state index is 0.125. The number of nitrogens with zero attached hydrogens (tertiary/aromatic N) is 2. The van der Waals surface area contributed by atoms with Crippen molar-refractivity contribution in [2.75, 3.05) is 38.2 Å². The van der Waals surface area contributed by atoms with Crippen molar-refractivity contribution >= 4 is 5.69 Å². The summed E-state index contributed by atoms with van der Waals surface area (Å²) in [5, 5.41) is 13.3. The molecule has 32 heavy (non-hydrogen) atoms. The first-order chi connectivity index (χ1) is 15.2. The molecule has 4 rings (SSSR count). The van der Waals surface area contributed by atoms with Gasteiger partial charge in [-0.3, -0.25) is 14.2 Å². The third-order valence-electron chi connectivity index (χ3n) is 6.36. The Bertz CT molecular complexity index is 912. The van der Waals surface area contributed by atoms with Crippen LogP contribution in [-0.2, 0) is 6.42 Å². The van der Waals surface area contributed by atoms with Crippen LogP contribution in [-0.4, -0.2) is 66.0 Å². The number of hydrogen-bond donors (Lipinski definition) is 2. The van der Waals surface area contributed by atoms with Gasteiger partial charge in [-0.15, -0.1) is 0 Å². The largest absolute Gasteiger partial charge is 0.508 e. The maximum absolute atomic E-state index is 13.4. The lowest BCUT2D eigenvalue weighted by atomic mass is 9.85. The second kappa shape index (κ2) is 9.27. The first-order valence-corrected chi connectivity index (χ1v) is 11.0. The van der Waals surface area contributed by atoms with E-state index in [4.69, 9.17) is 0 Å². The van der Waals surface area contributed by atoms with E-state index < -0.39 is 18.8 Å². The first kappa shape index (κ1) is 22.9. The molecule has 0 aromatic heterocycles. The van der Waals surface area contributed by atoms with Crippen molar-refractivity contribution in [2.45, 2.75) is 44.1 Å². The Morgan fingerprint density at radius 2 is 1.81 bits per heavy atom. The Morgan fingerprint density at radius 3 is 2.47 bits per heavy atom. The van der Waals surface area contributed by atoms with Gasteiger partial charge in [0.1, 0.15) is 5.75 Å². The van der Waals surface area contributed by atoms with Gasteiger partial charge in [0, 0.05) is 31.4 Å². The van der Waals surface area contributed by atoms with E-state index in [9.17, 15) is 22.7 Å².